The molecule has 0 spiro atoms. The summed E-state index contributed by atoms with van der Waals surface area (Å²) in [5.41, 5.74) is 5.12. The lowest BCUT2D eigenvalue weighted by Crippen LogP contribution is -1.86. The molecular formula is C22H17BrN2O3. The largest absolute Gasteiger partial charge is 0.507 e. The molecule has 4 aromatic rings. The van der Waals surface area contributed by atoms with E-state index in [4.69, 9.17) is 4.42 Å². The first-order valence-corrected chi connectivity index (χ1v) is 9.44. The zero-order valence-corrected chi connectivity index (χ0v) is 16.9. The van der Waals surface area contributed by atoms with E-state index >= 15 is 0 Å². The van der Waals surface area contributed by atoms with Gasteiger partial charge in [-0.1, -0.05) is 6.07 Å². The third-order valence-corrected chi connectivity index (χ3v) is 4.95. The van der Waals surface area contributed by atoms with Crippen LogP contribution in [0.15, 0.2) is 62.4 Å². The van der Waals surface area contributed by atoms with Crippen molar-refractivity contribution in [3.05, 3.63) is 69.7 Å². The van der Waals surface area contributed by atoms with E-state index in [0.29, 0.717) is 32.8 Å². The van der Waals surface area contributed by atoms with Gasteiger partial charge in [0.05, 0.1) is 15.7 Å². The third kappa shape index (κ3) is 3.51. The number of aromatic nitrogens is 1. The predicted octanol–water partition coefficient (Wildman–Crippen LogP) is 6.04. The number of phenols is 2. The minimum atomic E-state index is 0.0587. The Balaban J connectivity index is 1.73. The number of fused-ring (bicyclic) bond motifs is 1. The van der Waals surface area contributed by atoms with Crippen molar-refractivity contribution in [3.63, 3.8) is 0 Å². The molecule has 1 heterocycles. The van der Waals surface area contributed by atoms with Gasteiger partial charge >= 0.3 is 0 Å². The molecule has 0 aliphatic rings. The highest BCUT2D eigenvalue weighted by molar-refractivity contribution is 9.10. The van der Waals surface area contributed by atoms with Crippen molar-refractivity contribution in [2.24, 2.45) is 4.99 Å². The van der Waals surface area contributed by atoms with Gasteiger partial charge in [-0.3, -0.25) is 4.99 Å². The van der Waals surface area contributed by atoms with Crippen LogP contribution in [0.5, 0.6) is 11.5 Å². The highest BCUT2D eigenvalue weighted by atomic mass is 79.9. The van der Waals surface area contributed by atoms with Crippen LogP contribution in [-0.4, -0.2) is 21.4 Å². The van der Waals surface area contributed by atoms with E-state index in [-0.39, 0.29) is 11.5 Å². The molecule has 28 heavy (non-hydrogen) atoms. The summed E-state index contributed by atoms with van der Waals surface area (Å²) < 4.78 is 6.40. The molecule has 4 rings (SSSR count). The Hall–Kier alpha value is -3.12. The standard InChI is InChI=1S/C22H17BrN2O3/c1-12-3-6-20-18(9-12)25-22(28-20)16-10-15(4-5-19(16)26)24-11-14-7-13(2)8-17(23)21(14)27/h3-11,26-27H,1-2H3. The Morgan fingerprint density at radius 2 is 1.82 bits per heavy atom. The van der Waals surface area contributed by atoms with Gasteiger partial charge in [0.2, 0.25) is 5.89 Å². The van der Waals surface area contributed by atoms with Crippen molar-refractivity contribution in [2.75, 3.05) is 0 Å². The first-order chi connectivity index (χ1) is 13.4. The minimum absolute atomic E-state index is 0.0587. The lowest BCUT2D eigenvalue weighted by atomic mass is 10.1. The monoisotopic (exact) mass is 436 g/mol. The minimum Gasteiger partial charge on any atom is -0.507 e. The number of aliphatic imine (C=N–C) groups is 1. The van der Waals surface area contributed by atoms with Gasteiger partial charge in [-0.2, -0.15) is 0 Å². The topological polar surface area (TPSA) is 78.9 Å². The smallest absolute Gasteiger partial charge is 0.231 e. The van der Waals surface area contributed by atoms with Crippen LogP contribution in [0.2, 0.25) is 0 Å². The van der Waals surface area contributed by atoms with Crippen LogP contribution >= 0.6 is 15.9 Å². The van der Waals surface area contributed by atoms with E-state index in [1.165, 1.54) is 0 Å². The molecule has 5 nitrogen and oxygen atoms in total. The van der Waals surface area contributed by atoms with Crippen molar-refractivity contribution < 1.29 is 14.6 Å². The molecule has 0 aliphatic carbocycles. The molecule has 6 heteroatoms. The number of hydrogen-bond donors (Lipinski definition) is 2. The predicted molar refractivity (Wildman–Crippen MR) is 114 cm³/mol. The van der Waals surface area contributed by atoms with Crippen LogP contribution in [0.3, 0.4) is 0 Å². The van der Waals surface area contributed by atoms with Crippen molar-refractivity contribution in [1.82, 2.24) is 4.98 Å². The Morgan fingerprint density at radius 1 is 1.00 bits per heavy atom. The first-order valence-electron chi connectivity index (χ1n) is 8.64. The van der Waals surface area contributed by atoms with Crippen LogP contribution in [0, 0.1) is 13.8 Å². The van der Waals surface area contributed by atoms with Crippen molar-refractivity contribution >= 4 is 38.9 Å². The Morgan fingerprint density at radius 3 is 2.64 bits per heavy atom. The molecular weight excluding hydrogens is 420 g/mol. The van der Waals surface area contributed by atoms with Gasteiger partial charge in [-0.15, -0.1) is 0 Å². The number of aryl methyl sites for hydroxylation is 2. The number of phenolic OH excluding ortho intramolecular Hbond substituents is 2. The Kier molecular flexibility index (Phi) is 4.65. The molecule has 0 fully saturated rings. The van der Waals surface area contributed by atoms with Gasteiger partial charge in [0, 0.05) is 11.8 Å². The van der Waals surface area contributed by atoms with Gasteiger partial charge in [0.15, 0.2) is 5.58 Å². The van der Waals surface area contributed by atoms with Gasteiger partial charge in [-0.05, 0) is 83.4 Å². The molecule has 0 unspecified atom stereocenters. The highest BCUT2D eigenvalue weighted by Crippen LogP contribution is 2.34. The number of oxazole rings is 1. The number of halogens is 1. The van der Waals surface area contributed by atoms with E-state index in [2.05, 4.69) is 25.9 Å². The normalized spacial score (nSPS) is 11.5. The van der Waals surface area contributed by atoms with Crippen LogP contribution in [0.4, 0.5) is 5.69 Å². The van der Waals surface area contributed by atoms with E-state index < -0.39 is 0 Å². The summed E-state index contributed by atoms with van der Waals surface area (Å²) in [6.45, 7) is 3.93. The van der Waals surface area contributed by atoms with Crippen LogP contribution in [0.25, 0.3) is 22.6 Å². The summed E-state index contributed by atoms with van der Waals surface area (Å²) in [6.07, 6.45) is 1.58. The fraction of sp³-hybridized carbons (Fsp3) is 0.0909. The average Bonchev–Trinajstić information content (AvgIpc) is 3.07. The maximum Gasteiger partial charge on any atom is 0.231 e. The van der Waals surface area contributed by atoms with E-state index in [0.717, 1.165) is 16.6 Å². The molecule has 0 radical (unpaired) electrons. The zero-order valence-electron chi connectivity index (χ0n) is 15.3. The second-order valence-corrected chi connectivity index (χ2v) is 7.49. The van der Waals surface area contributed by atoms with Crippen LogP contribution < -0.4 is 0 Å². The zero-order chi connectivity index (χ0) is 19.8. The second kappa shape index (κ2) is 7.13. The van der Waals surface area contributed by atoms with Crippen LogP contribution in [0.1, 0.15) is 16.7 Å². The fourth-order valence-electron chi connectivity index (χ4n) is 2.93. The first kappa shape index (κ1) is 18.3. The molecule has 0 bridgehead atoms. The molecule has 0 atom stereocenters. The Bertz CT molecular complexity index is 1230. The maximum absolute atomic E-state index is 10.3. The molecule has 0 saturated heterocycles. The molecule has 0 aliphatic heterocycles. The van der Waals surface area contributed by atoms with Gasteiger partial charge in [0.1, 0.15) is 17.0 Å². The summed E-state index contributed by atoms with van der Waals surface area (Å²) in [5, 5.41) is 20.4. The molecule has 140 valence electrons. The number of hydrogen-bond acceptors (Lipinski definition) is 5. The molecule has 1 aromatic heterocycles. The summed E-state index contributed by atoms with van der Waals surface area (Å²) in [4.78, 5) is 8.91. The molecule has 3 aromatic carbocycles. The SMILES string of the molecule is Cc1cc(Br)c(O)c(C=Nc2ccc(O)c(-c3nc4cc(C)ccc4o3)c2)c1. The molecule has 0 saturated carbocycles. The second-order valence-electron chi connectivity index (χ2n) is 6.63. The van der Waals surface area contributed by atoms with Gasteiger partial charge < -0.3 is 14.6 Å². The summed E-state index contributed by atoms with van der Waals surface area (Å²) in [6, 6.07) is 14.3. The maximum atomic E-state index is 10.3. The van der Waals surface area contributed by atoms with Crippen LogP contribution in [-0.2, 0) is 0 Å². The molecule has 0 amide bonds. The number of benzene rings is 3. The van der Waals surface area contributed by atoms with Crippen molar-refractivity contribution in [1.29, 1.82) is 0 Å². The number of aromatic hydroxyl groups is 2. The fourth-order valence-corrected chi connectivity index (χ4v) is 3.52. The number of nitrogens with zero attached hydrogens (tertiary/aromatic N) is 2. The third-order valence-electron chi connectivity index (χ3n) is 4.34. The lowest BCUT2D eigenvalue weighted by molar-refractivity contribution is 0.470. The van der Waals surface area contributed by atoms with Crippen molar-refractivity contribution in [2.45, 2.75) is 13.8 Å². The molecule has 2 N–H and O–H groups in total. The van der Waals surface area contributed by atoms with Crippen molar-refractivity contribution in [3.8, 4) is 23.0 Å². The summed E-state index contributed by atoms with van der Waals surface area (Å²) in [5.74, 6) is 0.516. The van der Waals surface area contributed by atoms with E-state index in [9.17, 15) is 10.2 Å². The Labute approximate surface area is 170 Å². The van der Waals surface area contributed by atoms with E-state index in [1.54, 1.807) is 24.4 Å². The van der Waals surface area contributed by atoms with Gasteiger partial charge in [0.25, 0.3) is 0 Å². The summed E-state index contributed by atoms with van der Waals surface area (Å²) in [7, 11) is 0. The summed E-state index contributed by atoms with van der Waals surface area (Å²) >= 11 is 3.33. The quantitative estimate of drug-likeness (QED) is 0.383. The van der Waals surface area contributed by atoms with E-state index in [1.807, 2.05) is 44.2 Å². The highest BCUT2D eigenvalue weighted by Gasteiger charge is 2.13. The number of rotatable bonds is 3. The van der Waals surface area contributed by atoms with Gasteiger partial charge in [-0.25, -0.2) is 4.98 Å². The average molecular weight is 437 g/mol. The lowest BCUT2D eigenvalue weighted by Gasteiger charge is -2.04.